The number of allylic oxidation sites excluding steroid dienone is 8. The summed E-state index contributed by atoms with van der Waals surface area (Å²) in [5, 5.41) is 39.9. The molecule has 2 aromatic heterocycles. The molecule has 0 aliphatic rings. The molecular weight excluding hydrogens is 440 g/mol. The molecule has 4 rings (SSSR count). The minimum atomic E-state index is -0.0846. The van der Waals surface area contributed by atoms with Gasteiger partial charge in [-0.05, 0) is 49.8 Å². The zero-order chi connectivity index (χ0) is 24.9. The van der Waals surface area contributed by atoms with E-state index in [2.05, 4.69) is 33.6 Å². The number of fused-ring (bicyclic) bond motifs is 2. The van der Waals surface area contributed by atoms with Crippen LogP contribution >= 0.6 is 0 Å². The van der Waals surface area contributed by atoms with Crippen LogP contribution in [0.1, 0.15) is 20.3 Å². The Labute approximate surface area is 202 Å². The molecule has 0 atom stereocenters. The van der Waals surface area contributed by atoms with E-state index in [4.69, 9.17) is 0 Å². The molecule has 0 saturated heterocycles. The van der Waals surface area contributed by atoms with Crippen LogP contribution in [0, 0.1) is 0 Å². The summed E-state index contributed by atoms with van der Waals surface area (Å²) in [6, 6.07) is 14.8. The van der Waals surface area contributed by atoms with Crippen molar-refractivity contribution in [1.82, 2.24) is 30.0 Å². The van der Waals surface area contributed by atoms with Crippen molar-refractivity contribution >= 4 is 33.5 Å². The lowest BCUT2D eigenvalue weighted by Crippen LogP contribution is -2.07. The van der Waals surface area contributed by atoms with Crippen LogP contribution in [0.25, 0.3) is 33.5 Å². The molecule has 8 nitrogen and oxygen atoms in total. The highest BCUT2D eigenvalue weighted by atomic mass is 16.3. The summed E-state index contributed by atoms with van der Waals surface area (Å²) in [4.78, 5) is 2.66. The third kappa shape index (κ3) is 4.67. The predicted molar refractivity (Wildman–Crippen MR) is 139 cm³/mol. The molecule has 2 aromatic carbocycles. The molecule has 176 valence electrons. The highest BCUT2D eigenvalue weighted by Gasteiger charge is 2.18. The second kappa shape index (κ2) is 10.0. The second-order valence-electron chi connectivity index (χ2n) is 7.71. The molecule has 0 aliphatic heterocycles. The number of aromatic nitrogens is 6. The molecule has 0 bridgehead atoms. The topological polar surface area (TPSA) is 102 Å². The van der Waals surface area contributed by atoms with Gasteiger partial charge in [-0.15, -0.1) is 30.0 Å². The number of hydrogen-bond acceptors (Lipinski definition) is 6. The highest BCUT2D eigenvalue weighted by Crippen LogP contribution is 2.28. The first kappa shape index (κ1) is 23.4. The van der Waals surface area contributed by atoms with Crippen molar-refractivity contribution in [2.75, 3.05) is 0 Å². The van der Waals surface area contributed by atoms with Crippen LogP contribution in [0.2, 0.25) is 0 Å². The maximum Gasteiger partial charge on any atom is 0.146 e. The molecule has 0 aliphatic carbocycles. The van der Waals surface area contributed by atoms with Crippen LogP contribution in [0.3, 0.4) is 0 Å². The molecule has 35 heavy (non-hydrogen) atoms. The number of aliphatic hydroxyl groups excluding tert-OH is 2. The van der Waals surface area contributed by atoms with Crippen LogP contribution in [0.15, 0.2) is 109 Å². The summed E-state index contributed by atoms with van der Waals surface area (Å²) in [5.41, 5.74) is 4.41. The Kier molecular flexibility index (Phi) is 6.73. The van der Waals surface area contributed by atoms with Gasteiger partial charge in [0.25, 0.3) is 0 Å². The molecule has 0 fully saturated rings. The van der Waals surface area contributed by atoms with Gasteiger partial charge in [-0.3, -0.25) is 0 Å². The Bertz CT molecular complexity index is 1480. The normalized spacial score (nSPS) is 13.8. The van der Waals surface area contributed by atoms with E-state index in [-0.39, 0.29) is 23.6 Å². The van der Waals surface area contributed by atoms with Gasteiger partial charge in [0.15, 0.2) is 0 Å². The van der Waals surface area contributed by atoms with Gasteiger partial charge >= 0.3 is 0 Å². The van der Waals surface area contributed by atoms with Gasteiger partial charge in [0.1, 0.15) is 45.0 Å². The average molecular weight is 467 g/mol. The maximum atomic E-state index is 11.2. The number of aliphatic hydroxyl groups is 2. The van der Waals surface area contributed by atoms with Crippen molar-refractivity contribution in [3.63, 3.8) is 0 Å². The summed E-state index contributed by atoms with van der Waals surface area (Å²) in [7, 11) is 0. The SMILES string of the molecule is C=C/C(=C(O)\C(=C/C)CC(/C=C\C)=C(\O)C(=C)n1nc2ccccc2n1)n1nc2ccccc2n1. The quantitative estimate of drug-likeness (QED) is 0.244. The zero-order valence-electron chi connectivity index (χ0n) is 19.6. The largest absolute Gasteiger partial charge is 0.505 e. The molecule has 0 amide bonds. The van der Waals surface area contributed by atoms with Crippen molar-refractivity contribution in [2.24, 2.45) is 0 Å². The van der Waals surface area contributed by atoms with E-state index in [9.17, 15) is 10.2 Å². The van der Waals surface area contributed by atoms with Gasteiger partial charge < -0.3 is 10.2 Å². The van der Waals surface area contributed by atoms with Gasteiger partial charge in [0.2, 0.25) is 0 Å². The van der Waals surface area contributed by atoms with Crippen molar-refractivity contribution in [3.8, 4) is 0 Å². The van der Waals surface area contributed by atoms with Crippen LogP contribution in [0.5, 0.6) is 0 Å². The van der Waals surface area contributed by atoms with Crippen LogP contribution in [0.4, 0.5) is 0 Å². The second-order valence-corrected chi connectivity index (χ2v) is 7.71. The predicted octanol–water partition coefficient (Wildman–Crippen LogP) is 5.98. The van der Waals surface area contributed by atoms with Crippen molar-refractivity contribution in [3.05, 3.63) is 109 Å². The smallest absolute Gasteiger partial charge is 0.146 e. The van der Waals surface area contributed by atoms with E-state index < -0.39 is 0 Å². The van der Waals surface area contributed by atoms with Gasteiger partial charge in [-0.25, -0.2) is 0 Å². The molecule has 0 saturated carbocycles. The van der Waals surface area contributed by atoms with E-state index in [0.717, 1.165) is 0 Å². The van der Waals surface area contributed by atoms with Crippen LogP contribution in [-0.2, 0) is 0 Å². The average Bonchev–Trinajstić information content (AvgIpc) is 3.50. The molecule has 0 radical (unpaired) electrons. The third-order valence-corrected chi connectivity index (χ3v) is 5.45. The van der Waals surface area contributed by atoms with Gasteiger partial charge in [-0.1, -0.05) is 55.7 Å². The van der Waals surface area contributed by atoms with Gasteiger partial charge in [0.05, 0.1) is 0 Å². The monoisotopic (exact) mass is 466 g/mol. The Morgan fingerprint density at radius 3 is 1.74 bits per heavy atom. The first-order valence-electron chi connectivity index (χ1n) is 11.1. The summed E-state index contributed by atoms with van der Waals surface area (Å²) in [6.07, 6.45) is 7.03. The fourth-order valence-corrected chi connectivity index (χ4v) is 3.62. The molecule has 4 aromatic rings. The first-order chi connectivity index (χ1) is 17.0. The van der Waals surface area contributed by atoms with Crippen molar-refractivity contribution in [2.45, 2.75) is 20.3 Å². The van der Waals surface area contributed by atoms with E-state index >= 15 is 0 Å². The molecule has 0 spiro atoms. The lowest BCUT2D eigenvalue weighted by Gasteiger charge is -2.13. The van der Waals surface area contributed by atoms with Crippen LogP contribution < -0.4 is 0 Å². The number of rotatable bonds is 8. The highest BCUT2D eigenvalue weighted by molar-refractivity contribution is 5.76. The first-order valence-corrected chi connectivity index (χ1v) is 11.1. The molecular formula is C27H26N6O2. The minimum Gasteiger partial charge on any atom is -0.505 e. The van der Waals surface area contributed by atoms with Crippen molar-refractivity contribution < 1.29 is 10.2 Å². The summed E-state index contributed by atoms with van der Waals surface area (Å²) in [5.74, 6) is -0.134. The Balaban J connectivity index is 1.70. The van der Waals surface area contributed by atoms with Crippen LogP contribution in [-0.4, -0.2) is 40.2 Å². The van der Waals surface area contributed by atoms with E-state index in [0.29, 0.717) is 38.9 Å². The van der Waals surface area contributed by atoms with Crippen molar-refractivity contribution in [1.29, 1.82) is 0 Å². The van der Waals surface area contributed by atoms with E-state index in [1.807, 2.05) is 55.5 Å². The van der Waals surface area contributed by atoms with Gasteiger partial charge in [0, 0.05) is 12.0 Å². The van der Waals surface area contributed by atoms with E-state index in [1.165, 1.54) is 15.7 Å². The Morgan fingerprint density at radius 1 is 0.829 bits per heavy atom. The summed E-state index contributed by atoms with van der Waals surface area (Å²) in [6.45, 7) is 11.5. The Hall–Kier alpha value is -4.72. The molecule has 2 N–H and O–H groups in total. The molecule has 8 heteroatoms. The molecule has 2 heterocycles. The fourth-order valence-electron chi connectivity index (χ4n) is 3.62. The lowest BCUT2D eigenvalue weighted by atomic mass is 10.00. The minimum absolute atomic E-state index is 0.0498. The summed E-state index contributed by atoms with van der Waals surface area (Å²) >= 11 is 0. The maximum absolute atomic E-state index is 11.2. The van der Waals surface area contributed by atoms with E-state index in [1.54, 1.807) is 25.2 Å². The summed E-state index contributed by atoms with van der Waals surface area (Å²) < 4.78 is 0. The number of nitrogens with zero attached hydrogens (tertiary/aromatic N) is 6. The third-order valence-electron chi connectivity index (χ3n) is 5.45. The fraction of sp³-hybridized carbons (Fsp3) is 0.111. The Morgan fingerprint density at radius 2 is 1.31 bits per heavy atom. The number of benzene rings is 2. The zero-order valence-corrected chi connectivity index (χ0v) is 19.6. The number of hydrogen-bond donors (Lipinski definition) is 2. The molecule has 0 unspecified atom stereocenters. The lowest BCUT2D eigenvalue weighted by molar-refractivity contribution is 0.412. The van der Waals surface area contributed by atoms with Gasteiger partial charge in [-0.2, -0.15) is 0 Å². The standard InChI is InChI=1S/C27H26N6O2/c1-5-12-20(26(34)18(4)32-28-21-13-8-9-14-22(21)29-32)17-19(6-2)27(35)25(7-3)33-30-23-15-10-11-16-24(23)31-33/h5-16,34-35H,3-4,17H2,1-2H3/b12-5-,19-6-,26-20-,27-25-.